The van der Waals surface area contributed by atoms with E-state index in [9.17, 15) is 75.0 Å². The summed E-state index contributed by atoms with van der Waals surface area (Å²) >= 11 is 14.1. The standard InChI is InChI=1S/C66H75Cl2N9O24.ClH/c1-23(2)12-34(71-5)58(88)76-49-51(83)26-7-10-38(32(67)14-26)97-40-16-28-17-41(55(40)101-65-56(54(86)53(85)42(22-78)99-65)100-44-21-66(4,70)57(87)24(3)96-44)98-39-11-8-27(15-33(39)68)52(84)50-63(93)75-48(64(94)95)31-18-29(79)19-37(81)45(31)30-13-25(6-9-36(30)80)46(60(90)77-50)74-61(91)47(28)73-59(89)35(20-43(69)82)72-62(49)92;/h6-11,13-19,23-24,34-35,42,44,46-54,56-57,65,71,78-81,83-87H,12,20-22,70H2,1-5H3,(H2,69,82)(H,72,92)(H,73,89)(H,74,91)(H,75,93)(H,76,88)(H,77,90)(H,94,95);1H/t24-,34?,35?,42+,44-,46?,47?,48?,49?,50?,51?,52?,53-,54-,56+,57+,65-,66-;/m0./s1. The van der Waals surface area contributed by atoms with Gasteiger partial charge in [0.25, 0.3) is 0 Å². The number of nitrogens with one attached hydrogen (secondary N) is 7. The Labute approximate surface area is 596 Å². The van der Waals surface area contributed by atoms with E-state index in [4.69, 9.17) is 63.1 Å². The lowest BCUT2D eigenvalue weighted by Gasteiger charge is -2.47. The molecule has 7 amide bonds. The predicted octanol–water partition coefficient (Wildman–Crippen LogP) is 0.528. The molecule has 550 valence electrons. The van der Waals surface area contributed by atoms with Gasteiger partial charge >= 0.3 is 5.97 Å². The second kappa shape index (κ2) is 31.4. The van der Waals surface area contributed by atoms with Gasteiger partial charge in [-0.2, -0.15) is 0 Å². The molecule has 18 atom stereocenters. The number of primary amides is 1. The van der Waals surface area contributed by atoms with Crippen LogP contribution in [0.5, 0.6) is 46.0 Å². The third-order valence-electron chi connectivity index (χ3n) is 17.8. The Balaban J connectivity index is 0.0000121. The highest BCUT2D eigenvalue weighted by Crippen LogP contribution is 2.50. The quantitative estimate of drug-likeness (QED) is 0.0764. The summed E-state index contributed by atoms with van der Waals surface area (Å²) in [6, 6.07) is -0.679. The van der Waals surface area contributed by atoms with Crippen LogP contribution in [-0.4, -0.2) is 191 Å². The van der Waals surface area contributed by atoms with Crippen molar-refractivity contribution in [1.82, 2.24) is 37.2 Å². The van der Waals surface area contributed by atoms with Crippen LogP contribution in [0.1, 0.15) is 105 Å². The SMILES string of the molecule is CNC(CC(C)C)C(=O)NC1C(=O)NC(CC(N)=O)C(=O)NC2C(=O)NC3C(=O)NC(C(=O)NC(C(=O)O)c4cc(O)cc(O)c4-c4cc3ccc4O)C(O)c3ccc(c(Cl)c3)Oc3cc2cc(c3O[C@@H]2O[C@H](CO)[C@H](O)[C@H](O)[C@H]2O[C@H]2C[C@](C)(N)[C@H](O)[C@H](C)O2)Oc2ccc(cc2Cl)C1O.Cl. The van der Waals surface area contributed by atoms with Gasteiger partial charge in [0.2, 0.25) is 53.4 Å². The number of likely N-dealkylation sites (N-methyl/N-ethyl adjacent to an activating group) is 1. The number of halogens is 3. The molecule has 0 aliphatic carbocycles. The number of carboxylic acids is 1. The van der Waals surface area contributed by atoms with Gasteiger partial charge in [0.15, 0.2) is 29.9 Å². The highest BCUT2D eigenvalue weighted by Gasteiger charge is 2.51. The lowest BCUT2D eigenvalue weighted by molar-refractivity contribution is -0.333. The van der Waals surface area contributed by atoms with Crippen LogP contribution in [0.15, 0.2) is 78.9 Å². The maximum Gasteiger partial charge on any atom is 0.330 e. The number of phenolic OH excluding ortho intramolecular Hbond substituents is 3. The molecule has 0 saturated carbocycles. The van der Waals surface area contributed by atoms with Gasteiger partial charge in [-0.25, -0.2) is 4.79 Å². The Morgan fingerprint density at radius 1 is 0.716 bits per heavy atom. The van der Waals surface area contributed by atoms with E-state index in [0.29, 0.717) is 0 Å². The van der Waals surface area contributed by atoms with Crippen molar-refractivity contribution >= 4 is 82.9 Å². The number of carbonyl (C=O) groups is 8. The minimum Gasteiger partial charge on any atom is -0.508 e. The van der Waals surface area contributed by atoms with Gasteiger partial charge in [-0.3, -0.25) is 33.6 Å². The number of hydrogen-bond donors (Lipinski definition) is 19. The Kier molecular flexibility index (Phi) is 23.8. The molecular weight excluding hydrogens is 1410 g/mol. The lowest BCUT2D eigenvalue weighted by Crippen LogP contribution is -2.64. The first-order valence-electron chi connectivity index (χ1n) is 31.6. The molecule has 11 bridgehead atoms. The van der Waals surface area contributed by atoms with Crippen molar-refractivity contribution in [3.8, 4) is 57.1 Å². The van der Waals surface area contributed by atoms with Crippen LogP contribution in [0, 0.1) is 5.92 Å². The van der Waals surface area contributed by atoms with E-state index in [-0.39, 0.29) is 58.6 Å². The zero-order chi connectivity index (χ0) is 73.5. The normalized spacial score (nSPS) is 29.1. The molecule has 12 rings (SSSR count). The molecule has 7 heterocycles. The summed E-state index contributed by atoms with van der Waals surface area (Å²) in [6.45, 7) is 5.66. The first-order chi connectivity index (χ1) is 47.7. The smallest absolute Gasteiger partial charge is 0.330 e. The van der Waals surface area contributed by atoms with Gasteiger partial charge < -0.3 is 128 Å². The number of rotatable bonds is 13. The molecule has 36 heteroatoms. The fraction of sp³-hybridized carbons (Fsp3) is 0.424. The van der Waals surface area contributed by atoms with E-state index in [1.807, 2.05) is 13.8 Å². The number of aliphatic carboxylic acids is 1. The molecule has 0 aromatic heterocycles. The third-order valence-corrected chi connectivity index (χ3v) is 18.4. The summed E-state index contributed by atoms with van der Waals surface area (Å²) in [5, 5.41) is 131. The summed E-state index contributed by atoms with van der Waals surface area (Å²) in [4.78, 5) is 117. The number of phenols is 3. The van der Waals surface area contributed by atoms with E-state index in [0.717, 1.165) is 66.7 Å². The van der Waals surface area contributed by atoms with E-state index in [1.54, 1.807) is 0 Å². The number of ether oxygens (including phenoxy) is 6. The maximum atomic E-state index is 16.0. The second-order valence-electron chi connectivity index (χ2n) is 25.7. The maximum absolute atomic E-state index is 16.0. The van der Waals surface area contributed by atoms with Gasteiger partial charge in [-0.1, -0.05) is 55.2 Å². The molecule has 7 aliphatic rings. The van der Waals surface area contributed by atoms with E-state index < -0.39 is 237 Å². The first kappa shape index (κ1) is 77.3. The molecule has 5 aromatic carbocycles. The van der Waals surface area contributed by atoms with Crippen LogP contribution in [0.25, 0.3) is 11.1 Å². The Bertz CT molecular complexity index is 4080. The number of carboxylic acid groups (broad SMARTS) is 1. The number of benzene rings is 5. The Hall–Kier alpha value is -8.91. The van der Waals surface area contributed by atoms with Crippen molar-refractivity contribution in [2.75, 3.05) is 13.7 Å². The van der Waals surface area contributed by atoms with Crippen molar-refractivity contribution in [3.63, 3.8) is 0 Å². The fourth-order valence-corrected chi connectivity index (χ4v) is 12.9. The summed E-state index contributed by atoms with van der Waals surface area (Å²) in [5.74, 6) is -16.0. The number of aromatic hydroxyl groups is 3. The largest absolute Gasteiger partial charge is 0.508 e. The van der Waals surface area contributed by atoms with E-state index in [1.165, 1.54) is 33.0 Å². The van der Waals surface area contributed by atoms with E-state index >= 15 is 14.4 Å². The zero-order valence-corrected chi connectivity index (χ0v) is 57.1. The van der Waals surface area contributed by atoms with Crippen LogP contribution in [-0.2, 0) is 52.6 Å². The van der Waals surface area contributed by atoms with Crippen LogP contribution in [0.2, 0.25) is 10.0 Å². The molecule has 2 saturated heterocycles. The fourth-order valence-electron chi connectivity index (χ4n) is 12.5. The summed E-state index contributed by atoms with van der Waals surface area (Å²) in [7, 11) is 1.47. The van der Waals surface area contributed by atoms with Crippen molar-refractivity contribution in [2.24, 2.45) is 17.4 Å². The van der Waals surface area contributed by atoms with Gasteiger partial charge in [0, 0.05) is 34.7 Å². The predicted molar refractivity (Wildman–Crippen MR) is 357 cm³/mol. The van der Waals surface area contributed by atoms with Gasteiger partial charge in [0.05, 0.1) is 41.3 Å². The molecule has 102 heavy (non-hydrogen) atoms. The minimum absolute atomic E-state index is 0. The Morgan fingerprint density at radius 2 is 1.31 bits per heavy atom. The summed E-state index contributed by atoms with van der Waals surface area (Å²) < 4.78 is 38.3. The van der Waals surface area contributed by atoms with Gasteiger partial charge in [0.1, 0.15) is 89.5 Å². The third kappa shape index (κ3) is 16.3. The van der Waals surface area contributed by atoms with Crippen molar-refractivity contribution in [3.05, 3.63) is 117 Å². The highest BCUT2D eigenvalue weighted by molar-refractivity contribution is 6.32. The van der Waals surface area contributed by atoms with Crippen LogP contribution >= 0.6 is 35.6 Å². The molecule has 9 unspecified atom stereocenters. The molecule has 0 radical (unpaired) electrons. The number of aliphatic hydroxyl groups excluding tert-OH is 6. The monoisotopic (exact) mass is 1480 g/mol. The molecule has 2 fully saturated rings. The molecule has 0 spiro atoms. The number of fused-ring (bicyclic) bond motifs is 15. The second-order valence-corrected chi connectivity index (χ2v) is 26.5. The minimum atomic E-state index is -2.35. The van der Waals surface area contributed by atoms with Crippen LogP contribution < -0.4 is 62.9 Å². The number of aliphatic hydroxyl groups is 6. The van der Waals surface area contributed by atoms with Crippen molar-refractivity contribution < 1.29 is 118 Å². The number of carbonyl (C=O) groups excluding carboxylic acids is 7. The Morgan fingerprint density at radius 3 is 1.89 bits per heavy atom. The highest BCUT2D eigenvalue weighted by atomic mass is 35.5. The van der Waals surface area contributed by atoms with Crippen LogP contribution in [0.4, 0.5) is 0 Å². The molecule has 7 aliphatic heterocycles. The topological polar surface area (TPSA) is 530 Å². The summed E-state index contributed by atoms with van der Waals surface area (Å²) in [5.41, 5.74) is 8.00. The van der Waals surface area contributed by atoms with Crippen molar-refractivity contribution in [2.45, 2.75) is 156 Å². The number of amides is 7. The van der Waals surface area contributed by atoms with Gasteiger partial charge in [-0.15, -0.1) is 12.4 Å². The average molecular weight is 1490 g/mol. The molecule has 5 aromatic rings. The zero-order valence-electron chi connectivity index (χ0n) is 54.7. The van der Waals surface area contributed by atoms with E-state index in [2.05, 4.69) is 37.2 Å². The average Bonchev–Trinajstić information content (AvgIpc) is 0.773. The summed E-state index contributed by atoms with van der Waals surface area (Å²) in [6.07, 6.45) is -18.6. The molecular formula is C66H76Cl3N9O24. The first-order valence-corrected chi connectivity index (χ1v) is 32.4. The van der Waals surface area contributed by atoms with Crippen molar-refractivity contribution in [1.29, 1.82) is 0 Å². The van der Waals surface area contributed by atoms with Crippen LogP contribution in [0.3, 0.4) is 0 Å². The number of nitrogens with two attached hydrogens (primary N) is 2. The molecule has 33 nitrogen and oxygen atoms in total. The number of hydrogen-bond acceptors (Lipinski definition) is 25. The lowest BCUT2D eigenvalue weighted by atomic mass is 9.86. The molecule has 21 N–H and O–H groups in total. The van der Waals surface area contributed by atoms with Gasteiger partial charge in [-0.05, 0) is 110 Å².